The first-order valence-corrected chi connectivity index (χ1v) is 8.03. The van der Waals surface area contributed by atoms with E-state index in [2.05, 4.69) is 58.1 Å². The van der Waals surface area contributed by atoms with Crippen LogP contribution < -0.4 is 5.32 Å². The van der Waals surface area contributed by atoms with E-state index in [-0.39, 0.29) is 0 Å². The predicted octanol–water partition coefficient (Wildman–Crippen LogP) is 4.70. The first kappa shape index (κ1) is 15.0. The Labute approximate surface area is 129 Å². The van der Waals surface area contributed by atoms with Gasteiger partial charge in [-0.2, -0.15) is 5.26 Å². The molecule has 1 N–H and O–H groups in total. The summed E-state index contributed by atoms with van der Waals surface area (Å²) in [6.07, 6.45) is 3.72. The third-order valence-electron chi connectivity index (χ3n) is 1.94. The molecule has 0 fully saturated rings. The van der Waals surface area contributed by atoms with E-state index in [1.165, 1.54) is 11.8 Å². The van der Waals surface area contributed by atoms with E-state index in [9.17, 15) is 0 Å². The van der Waals surface area contributed by atoms with Crippen LogP contribution in [0.25, 0.3) is 0 Å². The molecular formula is C10H8Br3N3S. The fraction of sp³-hybridized carbons (Fsp3) is 0.200. The van der Waals surface area contributed by atoms with Crippen LogP contribution in [0.3, 0.4) is 0 Å². The van der Waals surface area contributed by atoms with E-state index in [4.69, 9.17) is 5.26 Å². The second-order valence-electron chi connectivity index (χ2n) is 2.99. The lowest BCUT2D eigenvalue weighted by Crippen LogP contribution is -2.12. The van der Waals surface area contributed by atoms with E-state index in [0.29, 0.717) is 5.17 Å². The highest BCUT2D eigenvalue weighted by Gasteiger charge is 2.11. The highest BCUT2D eigenvalue weighted by Crippen LogP contribution is 2.40. The molecule has 0 atom stereocenters. The molecule has 1 aromatic rings. The van der Waals surface area contributed by atoms with Gasteiger partial charge in [0.25, 0.3) is 0 Å². The van der Waals surface area contributed by atoms with Gasteiger partial charge in [0.1, 0.15) is 0 Å². The summed E-state index contributed by atoms with van der Waals surface area (Å²) in [5.41, 5.74) is 1.82. The van der Waals surface area contributed by atoms with Crippen LogP contribution in [-0.2, 0) is 0 Å². The maximum absolute atomic E-state index is 8.60. The van der Waals surface area contributed by atoms with Crippen molar-refractivity contribution in [3.8, 4) is 6.19 Å². The topological polar surface area (TPSA) is 48.2 Å². The molecule has 7 heteroatoms. The van der Waals surface area contributed by atoms with Crippen molar-refractivity contribution in [3.05, 3.63) is 25.0 Å². The first-order chi connectivity index (χ1) is 8.01. The molecule has 17 heavy (non-hydrogen) atoms. The Balaban J connectivity index is 3.33. The van der Waals surface area contributed by atoms with Crippen molar-refractivity contribution in [1.82, 2.24) is 5.32 Å². The molecule has 90 valence electrons. The summed E-state index contributed by atoms with van der Waals surface area (Å²) in [4.78, 5) is 4.40. The quantitative estimate of drug-likeness (QED) is 0.297. The zero-order valence-corrected chi connectivity index (χ0v) is 14.6. The smallest absolute Gasteiger partial charge is 0.183 e. The zero-order valence-electron chi connectivity index (χ0n) is 9.01. The summed E-state index contributed by atoms with van der Waals surface area (Å²) < 4.78 is 2.74. The summed E-state index contributed by atoms with van der Waals surface area (Å²) in [6, 6.07) is 1.93. The lowest BCUT2D eigenvalue weighted by Gasteiger charge is -2.09. The molecule has 0 heterocycles. The minimum absolute atomic E-state index is 0.552. The van der Waals surface area contributed by atoms with Crippen molar-refractivity contribution < 1.29 is 0 Å². The van der Waals surface area contributed by atoms with Gasteiger partial charge in [-0.15, -0.1) is 0 Å². The number of hydrogen-bond donors (Lipinski definition) is 1. The Morgan fingerprint density at radius 1 is 1.41 bits per heavy atom. The van der Waals surface area contributed by atoms with Gasteiger partial charge in [-0.25, -0.2) is 4.99 Å². The fourth-order valence-electron chi connectivity index (χ4n) is 1.05. The Bertz CT molecular complexity index is 508. The second kappa shape index (κ2) is 6.78. The minimum Gasteiger partial charge on any atom is -0.271 e. The number of benzene rings is 1. The van der Waals surface area contributed by atoms with Gasteiger partial charge >= 0.3 is 0 Å². The summed E-state index contributed by atoms with van der Waals surface area (Å²) >= 11 is 11.8. The van der Waals surface area contributed by atoms with Gasteiger partial charge in [0.05, 0.1) is 5.69 Å². The van der Waals surface area contributed by atoms with Gasteiger partial charge in [-0.1, -0.05) is 27.7 Å². The molecule has 0 aromatic heterocycles. The van der Waals surface area contributed by atoms with Gasteiger partial charge < -0.3 is 0 Å². The number of thioether (sulfide) groups is 1. The van der Waals surface area contributed by atoms with Crippen LogP contribution in [-0.4, -0.2) is 11.4 Å². The first-order valence-electron chi connectivity index (χ1n) is 4.43. The van der Waals surface area contributed by atoms with Crippen LogP contribution in [0.2, 0.25) is 0 Å². The van der Waals surface area contributed by atoms with Crippen molar-refractivity contribution in [2.45, 2.75) is 6.92 Å². The molecule has 0 unspecified atom stereocenters. The Morgan fingerprint density at radius 3 is 2.59 bits per heavy atom. The van der Waals surface area contributed by atoms with Crippen molar-refractivity contribution in [3.63, 3.8) is 0 Å². The number of amidine groups is 1. The van der Waals surface area contributed by atoms with Gasteiger partial charge in [-0.05, 0) is 56.7 Å². The summed E-state index contributed by atoms with van der Waals surface area (Å²) in [6.45, 7) is 1.98. The summed E-state index contributed by atoms with van der Waals surface area (Å²) in [5, 5.41) is 11.7. The number of rotatable bonds is 1. The molecule has 1 rings (SSSR count). The molecule has 0 saturated heterocycles. The number of hydrogen-bond acceptors (Lipinski definition) is 3. The van der Waals surface area contributed by atoms with E-state index in [1.54, 1.807) is 0 Å². The van der Waals surface area contributed by atoms with Crippen LogP contribution >= 0.6 is 59.6 Å². The monoisotopic (exact) mass is 439 g/mol. The third kappa shape index (κ3) is 3.71. The lowest BCUT2D eigenvalue weighted by atomic mass is 10.2. The average molecular weight is 442 g/mol. The van der Waals surface area contributed by atoms with Crippen LogP contribution in [0, 0.1) is 18.4 Å². The Kier molecular flexibility index (Phi) is 6.00. The lowest BCUT2D eigenvalue weighted by molar-refractivity contribution is 1.26. The maximum Gasteiger partial charge on any atom is 0.183 e. The van der Waals surface area contributed by atoms with Gasteiger partial charge in [0, 0.05) is 13.4 Å². The number of nitrogens with zero attached hydrogens (tertiary/aromatic N) is 2. The number of aliphatic imine (C=N–C) groups is 1. The SMILES string of the molecule is CSC(=Nc1c(Br)cc(Br)c(C)c1Br)NC#N. The summed E-state index contributed by atoms with van der Waals surface area (Å²) in [5.74, 6) is 0. The van der Waals surface area contributed by atoms with Crippen molar-refractivity contribution >= 4 is 70.4 Å². The second-order valence-corrected chi connectivity index (χ2v) is 6.28. The van der Waals surface area contributed by atoms with Crippen molar-refractivity contribution in [2.75, 3.05) is 6.26 Å². The van der Waals surface area contributed by atoms with E-state index in [0.717, 1.165) is 24.7 Å². The van der Waals surface area contributed by atoms with Crippen LogP contribution in [0.4, 0.5) is 5.69 Å². The maximum atomic E-state index is 8.60. The molecule has 0 radical (unpaired) electrons. The van der Waals surface area contributed by atoms with Gasteiger partial charge in [0.15, 0.2) is 11.4 Å². The molecule has 0 spiro atoms. The molecule has 3 nitrogen and oxygen atoms in total. The summed E-state index contributed by atoms with van der Waals surface area (Å²) in [7, 11) is 0. The van der Waals surface area contributed by atoms with Crippen LogP contribution in [0.15, 0.2) is 24.5 Å². The Hall–Kier alpha value is -0.0300. The fourth-order valence-corrected chi connectivity index (χ4v) is 3.68. The van der Waals surface area contributed by atoms with Crippen LogP contribution in [0.5, 0.6) is 0 Å². The molecule has 1 aromatic carbocycles. The molecule has 0 saturated carbocycles. The van der Waals surface area contributed by atoms with E-state index < -0.39 is 0 Å². The Morgan fingerprint density at radius 2 is 2.06 bits per heavy atom. The van der Waals surface area contributed by atoms with E-state index in [1.807, 2.05) is 25.4 Å². The number of halogens is 3. The van der Waals surface area contributed by atoms with Crippen LogP contribution in [0.1, 0.15) is 5.56 Å². The minimum atomic E-state index is 0.552. The van der Waals surface area contributed by atoms with Gasteiger partial charge in [-0.3, -0.25) is 5.32 Å². The normalized spacial score (nSPS) is 11.2. The molecule has 0 bridgehead atoms. The zero-order chi connectivity index (χ0) is 13.0. The standard InChI is InChI=1S/C10H8Br3N3S/c1-5-6(11)3-7(12)9(8(5)13)16-10(17-2)15-4-14/h3H,1-2H3,(H,15,16). The highest BCUT2D eigenvalue weighted by atomic mass is 79.9. The molecule has 0 aliphatic heterocycles. The average Bonchev–Trinajstić information content (AvgIpc) is 2.30. The molecule has 0 aliphatic carbocycles. The van der Waals surface area contributed by atoms with E-state index >= 15 is 0 Å². The number of nitrogens with one attached hydrogen (secondary N) is 1. The van der Waals surface area contributed by atoms with Crippen molar-refractivity contribution in [1.29, 1.82) is 5.26 Å². The highest BCUT2D eigenvalue weighted by molar-refractivity contribution is 9.11. The van der Waals surface area contributed by atoms with Gasteiger partial charge in [0.2, 0.25) is 0 Å². The molecule has 0 amide bonds. The largest absolute Gasteiger partial charge is 0.271 e. The van der Waals surface area contributed by atoms with Crippen molar-refractivity contribution in [2.24, 2.45) is 4.99 Å². The predicted molar refractivity (Wildman–Crippen MR) is 83.6 cm³/mol. The third-order valence-corrected chi connectivity index (χ3v) is 4.92. The molecule has 0 aliphatic rings. The number of nitriles is 1. The molecular weight excluding hydrogens is 434 g/mol.